The number of carbonyl (C=O) groups excluding carboxylic acids is 3. The smallest absolute Gasteiger partial charge is 0.335 e. The van der Waals surface area contributed by atoms with E-state index in [-0.39, 0.29) is 33.7 Å². The summed E-state index contributed by atoms with van der Waals surface area (Å²) in [6.07, 6.45) is 1.31. The number of nitrogens with zero attached hydrogens (tertiary/aromatic N) is 1. The Morgan fingerprint density at radius 3 is 2.13 bits per heavy atom. The summed E-state index contributed by atoms with van der Waals surface area (Å²) < 4.78 is 22.9. The highest BCUT2D eigenvalue weighted by atomic mass is 35.5. The number of imide groups is 2. The Labute approximate surface area is 269 Å². The molecule has 0 spiro atoms. The van der Waals surface area contributed by atoms with Crippen LogP contribution in [0, 0.1) is 0 Å². The van der Waals surface area contributed by atoms with Crippen molar-refractivity contribution in [1.82, 2.24) is 5.32 Å². The Morgan fingerprint density at radius 2 is 1.47 bits per heavy atom. The number of benzene rings is 4. The second kappa shape index (κ2) is 14.2. The van der Waals surface area contributed by atoms with Crippen molar-refractivity contribution in [3.8, 4) is 23.0 Å². The van der Waals surface area contributed by atoms with Gasteiger partial charge in [-0.2, -0.15) is 0 Å². The molecule has 1 heterocycles. The van der Waals surface area contributed by atoms with Crippen LogP contribution in [-0.2, 0) is 22.8 Å². The van der Waals surface area contributed by atoms with Gasteiger partial charge in [0.2, 0.25) is 0 Å². The number of carbonyl (C=O) groups is 3. The zero-order chi connectivity index (χ0) is 31.9. The molecule has 45 heavy (non-hydrogen) atoms. The Balaban J connectivity index is 1.31. The fourth-order valence-corrected chi connectivity index (χ4v) is 5.12. The third kappa shape index (κ3) is 7.39. The topological polar surface area (TPSA) is 103 Å². The number of barbiturate groups is 1. The second-order valence-electron chi connectivity index (χ2n) is 9.75. The summed E-state index contributed by atoms with van der Waals surface area (Å²) in [5.74, 6) is 0.295. The molecular formula is C34H28Cl2N2O7. The van der Waals surface area contributed by atoms with Gasteiger partial charge in [-0.1, -0.05) is 59.6 Å². The molecule has 4 amide bonds. The number of rotatable bonds is 11. The minimum atomic E-state index is -0.865. The van der Waals surface area contributed by atoms with Gasteiger partial charge in [0.05, 0.1) is 29.4 Å². The van der Waals surface area contributed by atoms with Gasteiger partial charge >= 0.3 is 6.03 Å². The van der Waals surface area contributed by atoms with Crippen molar-refractivity contribution >= 4 is 52.8 Å². The molecule has 0 bridgehead atoms. The molecule has 4 aromatic rings. The third-order valence-electron chi connectivity index (χ3n) is 6.69. The highest BCUT2D eigenvalue weighted by Crippen LogP contribution is 2.37. The van der Waals surface area contributed by atoms with E-state index in [2.05, 4.69) is 5.32 Å². The summed E-state index contributed by atoms with van der Waals surface area (Å²) in [5, 5.41) is 2.51. The SMILES string of the molecule is CCOc1cc(COc2c(Cl)cc(/C=C3\C(=O)NC(=O)N(c4ccc(OC)cc4)C3=O)cc2Cl)ccc1OCc1ccccc1. The lowest BCUT2D eigenvalue weighted by Gasteiger charge is -2.26. The summed E-state index contributed by atoms with van der Waals surface area (Å²) >= 11 is 13.1. The Morgan fingerprint density at radius 1 is 0.778 bits per heavy atom. The predicted molar refractivity (Wildman–Crippen MR) is 171 cm³/mol. The first-order valence-electron chi connectivity index (χ1n) is 13.9. The van der Waals surface area contributed by atoms with Gasteiger partial charge < -0.3 is 18.9 Å². The molecule has 0 atom stereocenters. The fourth-order valence-electron chi connectivity index (χ4n) is 4.51. The average molecular weight is 648 g/mol. The molecule has 5 rings (SSSR count). The molecule has 1 aliphatic rings. The van der Waals surface area contributed by atoms with E-state index < -0.39 is 17.8 Å². The van der Waals surface area contributed by atoms with Crippen molar-refractivity contribution < 1.29 is 33.3 Å². The zero-order valence-electron chi connectivity index (χ0n) is 24.3. The molecule has 1 fully saturated rings. The van der Waals surface area contributed by atoms with E-state index >= 15 is 0 Å². The number of methoxy groups -OCH3 is 1. The summed E-state index contributed by atoms with van der Waals surface area (Å²) in [6, 6.07) is 23.7. The minimum absolute atomic E-state index is 0.124. The maximum atomic E-state index is 13.2. The Bertz CT molecular complexity index is 1740. The van der Waals surface area contributed by atoms with Crippen molar-refractivity contribution in [3.05, 3.63) is 117 Å². The number of anilines is 1. The maximum absolute atomic E-state index is 13.2. The van der Waals surface area contributed by atoms with Gasteiger partial charge in [0.25, 0.3) is 11.8 Å². The summed E-state index contributed by atoms with van der Waals surface area (Å²) in [6.45, 7) is 2.86. The first kappa shape index (κ1) is 31.4. The average Bonchev–Trinajstić information content (AvgIpc) is 3.03. The molecular weight excluding hydrogens is 619 g/mol. The number of nitrogens with one attached hydrogen (secondary N) is 1. The van der Waals surface area contributed by atoms with Crippen LogP contribution in [0.5, 0.6) is 23.0 Å². The van der Waals surface area contributed by atoms with Gasteiger partial charge in [-0.3, -0.25) is 14.9 Å². The standard InChI is InChI=1S/C34H28Cl2N2O7/c1-3-43-30-18-22(9-14-29(30)44-19-21-7-5-4-6-8-21)20-45-31-27(35)16-23(17-28(31)36)15-26-32(39)37-34(41)38(33(26)40)24-10-12-25(42-2)13-11-24/h4-18H,3,19-20H2,1-2H3,(H,37,39,41)/b26-15+. The molecule has 230 valence electrons. The third-order valence-corrected chi connectivity index (χ3v) is 7.25. The van der Waals surface area contributed by atoms with Crippen LogP contribution in [0.15, 0.2) is 90.5 Å². The second-order valence-corrected chi connectivity index (χ2v) is 10.6. The summed E-state index contributed by atoms with van der Waals surface area (Å²) in [4.78, 5) is 39.3. The first-order valence-corrected chi connectivity index (χ1v) is 14.6. The quantitative estimate of drug-likeness (QED) is 0.135. The lowest BCUT2D eigenvalue weighted by molar-refractivity contribution is -0.122. The van der Waals surface area contributed by atoms with Crippen LogP contribution in [0.3, 0.4) is 0 Å². The van der Waals surface area contributed by atoms with Crippen molar-refractivity contribution in [2.24, 2.45) is 0 Å². The molecule has 9 nitrogen and oxygen atoms in total. The Hall–Kier alpha value is -4.99. The number of amides is 4. The van der Waals surface area contributed by atoms with Crippen molar-refractivity contribution in [1.29, 1.82) is 0 Å². The number of hydrogen-bond acceptors (Lipinski definition) is 7. The van der Waals surface area contributed by atoms with E-state index in [4.69, 9.17) is 42.1 Å². The first-order chi connectivity index (χ1) is 21.8. The van der Waals surface area contributed by atoms with E-state index in [1.165, 1.54) is 37.5 Å². The van der Waals surface area contributed by atoms with Gasteiger partial charge in [0, 0.05) is 0 Å². The van der Waals surface area contributed by atoms with Crippen molar-refractivity contribution in [2.75, 3.05) is 18.6 Å². The van der Waals surface area contributed by atoms with Gasteiger partial charge in [0.1, 0.15) is 24.5 Å². The molecule has 0 unspecified atom stereocenters. The van der Waals surface area contributed by atoms with Gasteiger partial charge in [-0.05, 0) is 78.2 Å². The number of urea groups is 1. The summed E-state index contributed by atoms with van der Waals surface area (Å²) in [5.41, 5.74) is 2.17. The lowest BCUT2D eigenvalue weighted by atomic mass is 10.1. The molecule has 0 saturated carbocycles. The normalized spacial score (nSPS) is 13.9. The van der Waals surface area contributed by atoms with E-state index in [9.17, 15) is 14.4 Å². The molecule has 11 heteroatoms. The van der Waals surface area contributed by atoms with Gasteiger partial charge in [-0.25, -0.2) is 9.69 Å². The van der Waals surface area contributed by atoms with Gasteiger partial charge in [-0.15, -0.1) is 0 Å². The van der Waals surface area contributed by atoms with Crippen LogP contribution in [-0.4, -0.2) is 31.6 Å². The van der Waals surface area contributed by atoms with Crippen LogP contribution >= 0.6 is 23.2 Å². The predicted octanol–water partition coefficient (Wildman–Crippen LogP) is 7.23. The highest BCUT2D eigenvalue weighted by molar-refractivity contribution is 6.40. The van der Waals surface area contributed by atoms with E-state index in [1.54, 1.807) is 12.1 Å². The van der Waals surface area contributed by atoms with Crippen molar-refractivity contribution in [2.45, 2.75) is 20.1 Å². The number of ether oxygens (including phenoxy) is 4. The molecule has 4 aromatic carbocycles. The molecule has 1 saturated heterocycles. The van der Waals surface area contributed by atoms with E-state index in [1.807, 2.05) is 55.5 Å². The number of halogens is 2. The van der Waals surface area contributed by atoms with Crippen LogP contribution in [0.1, 0.15) is 23.6 Å². The molecule has 1 aliphatic heterocycles. The van der Waals surface area contributed by atoms with Crippen LogP contribution in [0.25, 0.3) is 6.08 Å². The summed E-state index contributed by atoms with van der Waals surface area (Å²) in [7, 11) is 1.50. The highest BCUT2D eigenvalue weighted by Gasteiger charge is 2.37. The van der Waals surface area contributed by atoms with Crippen LogP contribution in [0.2, 0.25) is 10.0 Å². The van der Waals surface area contributed by atoms with E-state index in [0.717, 1.165) is 16.0 Å². The molecule has 1 N–H and O–H groups in total. The van der Waals surface area contributed by atoms with Crippen LogP contribution < -0.4 is 29.2 Å². The zero-order valence-corrected chi connectivity index (χ0v) is 25.9. The van der Waals surface area contributed by atoms with E-state index in [0.29, 0.717) is 36.0 Å². The number of hydrogen-bond donors (Lipinski definition) is 1. The minimum Gasteiger partial charge on any atom is -0.497 e. The fraction of sp³-hybridized carbons (Fsp3) is 0.147. The van der Waals surface area contributed by atoms with Gasteiger partial charge in [0.15, 0.2) is 17.2 Å². The monoisotopic (exact) mass is 646 g/mol. The molecule has 0 aliphatic carbocycles. The van der Waals surface area contributed by atoms with Crippen LogP contribution in [0.4, 0.5) is 10.5 Å². The lowest BCUT2D eigenvalue weighted by Crippen LogP contribution is -2.54. The maximum Gasteiger partial charge on any atom is 0.335 e. The van der Waals surface area contributed by atoms with Crippen molar-refractivity contribution in [3.63, 3.8) is 0 Å². The molecule has 0 radical (unpaired) electrons. The largest absolute Gasteiger partial charge is 0.497 e. The Kier molecular flexibility index (Phi) is 9.92. The molecule has 0 aromatic heterocycles.